The Morgan fingerprint density at radius 1 is 1.00 bits per heavy atom. The van der Waals surface area contributed by atoms with Crippen molar-refractivity contribution in [1.82, 2.24) is 0 Å². The number of carbonyl (C=O) groups is 2. The number of esters is 2. The monoisotopic (exact) mass is 363 g/mol. The van der Waals surface area contributed by atoms with Gasteiger partial charge in [0.15, 0.2) is 6.16 Å². The molecule has 0 saturated carbocycles. The van der Waals surface area contributed by atoms with Crippen LogP contribution in [0.2, 0.25) is 0 Å². The van der Waals surface area contributed by atoms with Crippen molar-refractivity contribution in [3.8, 4) is 0 Å². The number of aliphatic hydroxyl groups is 1. The van der Waals surface area contributed by atoms with Crippen LogP contribution in [0.3, 0.4) is 0 Å². The third-order valence-electron chi connectivity index (χ3n) is 4.74. The van der Waals surface area contributed by atoms with Crippen LogP contribution in [-0.2, 0) is 19.1 Å². The van der Waals surface area contributed by atoms with Crippen molar-refractivity contribution in [1.29, 1.82) is 0 Å². The van der Waals surface area contributed by atoms with Crippen LogP contribution in [-0.4, -0.2) is 60.0 Å². The van der Waals surface area contributed by atoms with Crippen molar-refractivity contribution in [2.24, 2.45) is 0 Å². The van der Waals surface area contributed by atoms with Gasteiger partial charge in [0.2, 0.25) is 0 Å². The number of ether oxygens (including phenoxy) is 2. The topological polar surface area (TPSA) is 72.8 Å². The highest BCUT2D eigenvalue weighted by Crippen LogP contribution is 2.57. The molecule has 0 spiro atoms. The Bertz CT molecular complexity index is 373. The number of hydrogen-bond donors (Lipinski definition) is 1. The van der Waals surface area contributed by atoms with Gasteiger partial charge in [-0.25, -0.2) is 4.79 Å². The molecule has 0 aromatic rings. The van der Waals surface area contributed by atoms with Gasteiger partial charge >= 0.3 is 11.9 Å². The molecule has 0 aliphatic heterocycles. The summed E-state index contributed by atoms with van der Waals surface area (Å²) in [6, 6.07) is 0. The summed E-state index contributed by atoms with van der Waals surface area (Å²) >= 11 is 0. The SMILES string of the molecule is CCC(CC(O)CC(C)OC(C)=O)OC(=O)C[P+](CC)(CC)CC. The lowest BCUT2D eigenvalue weighted by Gasteiger charge is -2.25. The fourth-order valence-electron chi connectivity index (χ4n) is 2.92. The van der Waals surface area contributed by atoms with E-state index in [0.717, 1.165) is 18.5 Å². The standard InChI is InChI=1S/C18H36O5P/c1-7-17(12-16(20)11-14(5)22-15(6)19)23-18(21)13-24(8-2,9-3)10-4/h14,16-17,20H,7-13H2,1-6H3/q+1. The second-order valence-corrected chi connectivity index (χ2v) is 11.4. The summed E-state index contributed by atoms with van der Waals surface area (Å²) in [6.07, 6.45) is 3.84. The number of rotatable bonds is 12. The molecule has 3 unspecified atom stereocenters. The van der Waals surface area contributed by atoms with Crippen molar-refractivity contribution >= 4 is 19.2 Å². The van der Waals surface area contributed by atoms with Crippen LogP contribution in [0, 0.1) is 0 Å². The average molecular weight is 363 g/mol. The minimum absolute atomic E-state index is 0.138. The molecule has 24 heavy (non-hydrogen) atoms. The lowest BCUT2D eigenvalue weighted by Crippen LogP contribution is -2.28. The van der Waals surface area contributed by atoms with Crippen LogP contribution in [0.25, 0.3) is 0 Å². The van der Waals surface area contributed by atoms with Gasteiger partial charge in [0, 0.05) is 27.0 Å². The van der Waals surface area contributed by atoms with Crippen molar-refractivity contribution in [3.05, 3.63) is 0 Å². The molecule has 0 aromatic carbocycles. The minimum atomic E-state index is -1.23. The molecular weight excluding hydrogens is 327 g/mol. The molecule has 142 valence electrons. The van der Waals surface area contributed by atoms with Gasteiger partial charge in [0.25, 0.3) is 0 Å². The molecule has 3 atom stereocenters. The van der Waals surface area contributed by atoms with Gasteiger partial charge in [0.05, 0.1) is 24.6 Å². The molecule has 1 N–H and O–H groups in total. The molecule has 0 aliphatic carbocycles. The van der Waals surface area contributed by atoms with Crippen molar-refractivity contribution in [3.63, 3.8) is 0 Å². The second-order valence-electron chi connectivity index (χ2n) is 6.51. The summed E-state index contributed by atoms with van der Waals surface area (Å²) in [6.45, 7) is 11.5. The summed E-state index contributed by atoms with van der Waals surface area (Å²) in [5.74, 6) is -0.492. The van der Waals surface area contributed by atoms with Crippen LogP contribution in [0.4, 0.5) is 0 Å². The Kier molecular flexibility index (Phi) is 11.5. The Balaban J connectivity index is 4.49. The first kappa shape index (κ1) is 23.3. The Labute approximate surface area is 147 Å². The summed E-state index contributed by atoms with van der Waals surface area (Å²) in [5.41, 5.74) is 0. The predicted molar refractivity (Wildman–Crippen MR) is 100 cm³/mol. The Morgan fingerprint density at radius 2 is 1.54 bits per heavy atom. The zero-order valence-corrected chi connectivity index (χ0v) is 17.1. The van der Waals surface area contributed by atoms with E-state index < -0.39 is 13.4 Å². The zero-order chi connectivity index (χ0) is 18.8. The fraction of sp³-hybridized carbons (Fsp3) is 0.889. The van der Waals surface area contributed by atoms with Gasteiger partial charge in [-0.05, 0) is 34.1 Å². The predicted octanol–water partition coefficient (Wildman–Crippen LogP) is 3.48. The molecule has 0 heterocycles. The third-order valence-corrected chi connectivity index (χ3v) is 9.69. The molecule has 0 fully saturated rings. The molecule has 0 aromatic heterocycles. The average Bonchev–Trinajstić information content (AvgIpc) is 2.51. The lowest BCUT2D eigenvalue weighted by molar-refractivity contribution is -0.148. The first-order valence-corrected chi connectivity index (χ1v) is 11.6. The van der Waals surface area contributed by atoms with E-state index in [9.17, 15) is 14.7 Å². The van der Waals surface area contributed by atoms with Crippen molar-refractivity contribution in [2.45, 2.75) is 79.1 Å². The second kappa shape index (κ2) is 11.8. The maximum Gasteiger partial charge on any atom is 0.344 e. The Hall–Kier alpha value is -0.670. The largest absolute Gasteiger partial charge is 0.463 e. The van der Waals surface area contributed by atoms with Crippen LogP contribution >= 0.6 is 7.26 Å². The van der Waals surface area contributed by atoms with Crippen LogP contribution in [0.5, 0.6) is 0 Å². The lowest BCUT2D eigenvalue weighted by atomic mass is 10.0. The van der Waals surface area contributed by atoms with Gasteiger partial charge < -0.3 is 14.6 Å². The minimum Gasteiger partial charge on any atom is -0.463 e. The summed E-state index contributed by atoms with van der Waals surface area (Å²) < 4.78 is 10.6. The highest BCUT2D eigenvalue weighted by atomic mass is 31.2. The third kappa shape index (κ3) is 8.98. The van der Waals surface area contributed by atoms with Crippen LogP contribution < -0.4 is 0 Å². The fourth-order valence-corrected chi connectivity index (χ4v) is 5.55. The van der Waals surface area contributed by atoms with Gasteiger partial charge in [-0.3, -0.25) is 4.79 Å². The maximum absolute atomic E-state index is 12.3. The van der Waals surface area contributed by atoms with Gasteiger partial charge in [-0.1, -0.05) is 6.92 Å². The number of hydrogen-bond acceptors (Lipinski definition) is 5. The highest BCUT2D eigenvalue weighted by molar-refractivity contribution is 7.76. The van der Waals surface area contributed by atoms with Gasteiger partial charge in [-0.15, -0.1) is 0 Å². The molecule has 6 heteroatoms. The van der Waals surface area contributed by atoms with Gasteiger partial charge in [0.1, 0.15) is 12.2 Å². The normalized spacial score (nSPS) is 15.5. The molecule has 0 bridgehead atoms. The number of carbonyl (C=O) groups excluding carboxylic acids is 2. The van der Waals surface area contributed by atoms with E-state index in [1.54, 1.807) is 6.92 Å². The smallest absolute Gasteiger partial charge is 0.344 e. The first-order chi connectivity index (χ1) is 11.2. The summed E-state index contributed by atoms with van der Waals surface area (Å²) in [4.78, 5) is 23.2. The summed E-state index contributed by atoms with van der Waals surface area (Å²) in [5, 5.41) is 10.1. The van der Waals surface area contributed by atoms with E-state index in [0.29, 0.717) is 25.4 Å². The molecule has 0 rings (SSSR count). The van der Waals surface area contributed by atoms with Gasteiger partial charge in [-0.2, -0.15) is 0 Å². The molecule has 0 aliphatic rings. The molecule has 0 radical (unpaired) electrons. The summed E-state index contributed by atoms with van der Waals surface area (Å²) in [7, 11) is -1.23. The van der Waals surface area contributed by atoms with E-state index in [-0.39, 0.29) is 24.1 Å². The van der Waals surface area contributed by atoms with E-state index in [1.165, 1.54) is 6.92 Å². The van der Waals surface area contributed by atoms with E-state index in [4.69, 9.17) is 9.47 Å². The van der Waals surface area contributed by atoms with Crippen LogP contribution in [0.1, 0.15) is 60.8 Å². The quantitative estimate of drug-likeness (QED) is 0.424. The first-order valence-electron chi connectivity index (χ1n) is 9.11. The highest BCUT2D eigenvalue weighted by Gasteiger charge is 2.35. The zero-order valence-electron chi connectivity index (χ0n) is 16.2. The molecule has 5 nitrogen and oxygen atoms in total. The van der Waals surface area contributed by atoms with E-state index >= 15 is 0 Å². The Morgan fingerprint density at radius 3 is 1.96 bits per heavy atom. The molecular formula is C18H36O5P+. The van der Waals surface area contributed by atoms with E-state index in [2.05, 4.69) is 20.8 Å². The van der Waals surface area contributed by atoms with Crippen LogP contribution in [0.15, 0.2) is 0 Å². The van der Waals surface area contributed by atoms with Crippen molar-refractivity contribution < 1.29 is 24.2 Å². The molecule has 0 amide bonds. The number of aliphatic hydroxyl groups excluding tert-OH is 1. The van der Waals surface area contributed by atoms with Crippen molar-refractivity contribution in [2.75, 3.05) is 24.6 Å². The molecule has 0 saturated heterocycles. The van der Waals surface area contributed by atoms with E-state index in [1.807, 2.05) is 6.92 Å². The maximum atomic E-state index is 12.3.